The number of nitrogens with zero attached hydrogens (tertiary/aromatic N) is 1. The van der Waals surface area contributed by atoms with Gasteiger partial charge < -0.3 is 4.90 Å². The molecule has 0 unspecified atom stereocenters. The number of hydrogen-bond acceptors (Lipinski definition) is 1. The number of benzene rings is 12. The lowest BCUT2D eigenvalue weighted by atomic mass is 9.84. The van der Waals surface area contributed by atoms with E-state index in [4.69, 9.17) is 0 Å². The van der Waals surface area contributed by atoms with Gasteiger partial charge in [-0.2, -0.15) is 0 Å². The molecule has 0 atom stereocenters. The molecule has 1 nitrogen and oxygen atoms in total. The lowest BCUT2D eigenvalue weighted by Gasteiger charge is -2.29. The largest absolute Gasteiger partial charge is 0.310 e. The fourth-order valence-corrected chi connectivity index (χ4v) is 10.3. The second kappa shape index (κ2) is 18.3. The van der Waals surface area contributed by atoms with Crippen molar-refractivity contribution in [3.63, 3.8) is 0 Å². The van der Waals surface area contributed by atoms with Gasteiger partial charge in [-0.1, -0.05) is 255 Å². The predicted octanol–water partition coefficient (Wildman–Crippen LogP) is 19.1. The summed E-state index contributed by atoms with van der Waals surface area (Å²) in [4.78, 5) is 2.45. The third-order valence-electron chi connectivity index (χ3n) is 13.5. The summed E-state index contributed by atoms with van der Waals surface area (Å²) in [5.74, 6) is 0. The molecule has 1 heteroatoms. The van der Waals surface area contributed by atoms with E-state index in [2.05, 4.69) is 290 Å². The molecule has 0 aliphatic carbocycles. The predicted molar refractivity (Wildman–Crippen MR) is 294 cm³/mol. The summed E-state index contributed by atoms with van der Waals surface area (Å²) in [7, 11) is 0. The van der Waals surface area contributed by atoms with Crippen molar-refractivity contribution in [2.24, 2.45) is 0 Å². The summed E-state index contributed by atoms with van der Waals surface area (Å²) >= 11 is 0. The first-order chi connectivity index (χ1) is 34.3. The highest BCUT2D eigenvalue weighted by Crippen LogP contribution is 2.50. The fourth-order valence-electron chi connectivity index (χ4n) is 10.3. The molecule has 0 saturated heterocycles. The molecule has 0 radical (unpaired) electrons. The van der Waals surface area contributed by atoms with E-state index >= 15 is 0 Å². The Balaban J connectivity index is 1.06. The van der Waals surface area contributed by atoms with Crippen LogP contribution in [0.2, 0.25) is 0 Å². The maximum atomic E-state index is 2.45. The van der Waals surface area contributed by atoms with Gasteiger partial charge in [-0.25, -0.2) is 0 Å². The Hall–Kier alpha value is -9.04. The van der Waals surface area contributed by atoms with Crippen molar-refractivity contribution in [1.29, 1.82) is 0 Å². The third-order valence-corrected chi connectivity index (χ3v) is 13.5. The maximum Gasteiger partial charge on any atom is 0.0546 e. The Morgan fingerprint density at radius 1 is 0.188 bits per heavy atom. The molecular formula is C68H47N. The minimum atomic E-state index is 1.07. The van der Waals surface area contributed by atoms with Gasteiger partial charge in [-0.3, -0.25) is 0 Å². The summed E-state index contributed by atoms with van der Waals surface area (Å²) in [5, 5.41) is 4.85. The van der Waals surface area contributed by atoms with Crippen molar-refractivity contribution in [1.82, 2.24) is 0 Å². The maximum absolute atomic E-state index is 2.45. The van der Waals surface area contributed by atoms with E-state index in [1.54, 1.807) is 0 Å². The lowest BCUT2D eigenvalue weighted by Crippen LogP contribution is -2.11. The molecule has 0 spiro atoms. The molecule has 12 aromatic rings. The van der Waals surface area contributed by atoms with Crippen molar-refractivity contribution < 1.29 is 0 Å². The average Bonchev–Trinajstić information content (AvgIpc) is 3.44. The summed E-state index contributed by atoms with van der Waals surface area (Å²) in [6.45, 7) is 0. The summed E-state index contributed by atoms with van der Waals surface area (Å²) in [6, 6.07) is 104. The molecule has 0 fully saturated rings. The third kappa shape index (κ3) is 7.86. The Bertz CT molecular complexity index is 3700. The molecule has 0 aliphatic rings. The number of fused-ring (bicyclic) bond motifs is 3. The normalized spacial score (nSPS) is 11.2. The number of rotatable bonds is 10. The number of anilines is 3. The fraction of sp³-hybridized carbons (Fsp3) is 0. The van der Waals surface area contributed by atoms with Gasteiger partial charge in [0.25, 0.3) is 0 Å². The van der Waals surface area contributed by atoms with Gasteiger partial charge >= 0.3 is 0 Å². The van der Waals surface area contributed by atoms with Gasteiger partial charge in [0.2, 0.25) is 0 Å². The molecule has 69 heavy (non-hydrogen) atoms. The second-order valence-electron chi connectivity index (χ2n) is 17.6. The SMILES string of the molecule is c1ccc(-c2ccc(-c3ccc(N(c4ccc(-c5cccc(-c6ccccc6)c5-c5ccccc5)cc4)c4cccc5c(-c6ccccc6)c(-c6ccccc6)c6ccccc6c45)cc3)cc2)cc1. The van der Waals surface area contributed by atoms with E-state index in [1.165, 1.54) is 93.9 Å². The highest BCUT2D eigenvalue weighted by atomic mass is 15.1. The van der Waals surface area contributed by atoms with E-state index in [9.17, 15) is 0 Å². The van der Waals surface area contributed by atoms with Crippen molar-refractivity contribution >= 4 is 38.6 Å². The smallest absolute Gasteiger partial charge is 0.0546 e. The van der Waals surface area contributed by atoms with Crippen LogP contribution in [0.15, 0.2) is 285 Å². The molecule has 0 heterocycles. The highest BCUT2D eigenvalue weighted by molar-refractivity contribution is 6.25. The van der Waals surface area contributed by atoms with Crippen LogP contribution in [0, 0.1) is 0 Å². The quantitative estimate of drug-likeness (QED) is 0.124. The van der Waals surface area contributed by atoms with E-state index < -0.39 is 0 Å². The van der Waals surface area contributed by atoms with Gasteiger partial charge in [-0.05, 0) is 124 Å². The molecule has 12 aromatic carbocycles. The molecule has 0 amide bonds. The van der Waals surface area contributed by atoms with Crippen LogP contribution in [-0.2, 0) is 0 Å². The monoisotopic (exact) mass is 877 g/mol. The van der Waals surface area contributed by atoms with E-state index in [-0.39, 0.29) is 0 Å². The van der Waals surface area contributed by atoms with Crippen LogP contribution in [0.25, 0.3) is 99.4 Å². The second-order valence-corrected chi connectivity index (χ2v) is 17.6. The summed E-state index contributed by atoms with van der Waals surface area (Å²) in [6.07, 6.45) is 0. The topological polar surface area (TPSA) is 3.24 Å². The van der Waals surface area contributed by atoms with Crippen LogP contribution in [-0.4, -0.2) is 0 Å². The van der Waals surface area contributed by atoms with E-state index in [0.717, 1.165) is 22.6 Å². The standard InChI is InChI=1S/C68H47N/c1-6-20-48(21-7-1)49-36-38-50(39-37-49)51-40-44-57(45-41-51)69(58-46-42-53(43-47-58)60-33-18-32-59(52-22-8-2-9-23-52)65(60)54-24-10-3-11-25-54)64-35-19-34-63-67(56-28-14-5-15-29-56)66(55-26-12-4-13-27-55)61-30-16-17-31-62(61)68(63)64/h1-47H. The minimum absolute atomic E-state index is 1.07. The zero-order valence-corrected chi connectivity index (χ0v) is 38.1. The molecule has 324 valence electrons. The first-order valence-electron chi connectivity index (χ1n) is 23.8. The zero-order valence-electron chi connectivity index (χ0n) is 38.1. The van der Waals surface area contributed by atoms with Crippen molar-refractivity contribution in [3.8, 4) is 77.9 Å². The summed E-state index contributed by atoms with van der Waals surface area (Å²) < 4.78 is 0. The summed E-state index contributed by atoms with van der Waals surface area (Å²) in [5.41, 5.74) is 20.1. The molecular weight excluding hydrogens is 831 g/mol. The minimum Gasteiger partial charge on any atom is -0.310 e. The molecule has 0 saturated carbocycles. The van der Waals surface area contributed by atoms with Crippen molar-refractivity contribution in [2.45, 2.75) is 0 Å². The van der Waals surface area contributed by atoms with Gasteiger partial charge in [0, 0.05) is 16.8 Å². The van der Waals surface area contributed by atoms with Crippen molar-refractivity contribution in [2.75, 3.05) is 4.90 Å². The van der Waals surface area contributed by atoms with Gasteiger partial charge in [-0.15, -0.1) is 0 Å². The molecule has 0 N–H and O–H groups in total. The van der Waals surface area contributed by atoms with Crippen LogP contribution in [0.5, 0.6) is 0 Å². The average molecular weight is 878 g/mol. The number of hydrogen-bond donors (Lipinski definition) is 0. The zero-order chi connectivity index (χ0) is 45.9. The Morgan fingerprint density at radius 3 is 1.00 bits per heavy atom. The van der Waals surface area contributed by atoms with Gasteiger partial charge in [0.15, 0.2) is 0 Å². The van der Waals surface area contributed by atoms with E-state index in [1.807, 2.05) is 0 Å². The molecule has 12 rings (SSSR count). The van der Waals surface area contributed by atoms with Crippen LogP contribution in [0.3, 0.4) is 0 Å². The highest BCUT2D eigenvalue weighted by Gasteiger charge is 2.23. The molecule has 0 aromatic heterocycles. The van der Waals surface area contributed by atoms with Crippen LogP contribution in [0.1, 0.15) is 0 Å². The lowest BCUT2D eigenvalue weighted by molar-refractivity contribution is 1.30. The Labute approximate surface area is 404 Å². The van der Waals surface area contributed by atoms with Crippen LogP contribution >= 0.6 is 0 Å². The first-order valence-corrected chi connectivity index (χ1v) is 23.8. The van der Waals surface area contributed by atoms with Crippen LogP contribution in [0.4, 0.5) is 17.1 Å². The van der Waals surface area contributed by atoms with Gasteiger partial charge in [0.05, 0.1) is 5.69 Å². The van der Waals surface area contributed by atoms with Gasteiger partial charge in [0.1, 0.15) is 0 Å². The van der Waals surface area contributed by atoms with E-state index in [0.29, 0.717) is 0 Å². The first kappa shape index (κ1) is 41.4. The Morgan fingerprint density at radius 2 is 0.507 bits per heavy atom. The molecule has 0 bridgehead atoms. The van der Waals surface area contributed by atoms with Crippen molar-refractivity contribution in [3.05, 3.63) is 285 Å². The van der Waals surface area contributed by atoms with Crippen LogP contribution < -0.4 is 4.90 Å². The Kier molecular flexibility index (Phi) is 11.0. The molecule has 0 aliphatic heterocycles.